The highest BCUT2D eigenvalue weighted by Crippen LogP contribution is 2.30. The molecular weight excluding hydrogens is 373 g/mol. The standard InChI is InChI=1S/C15H19ClINO/c1-9-4-3-5-14(10(9)2)18-15(19)12-7-6-11(16)8-13(12)17/h6-10,14H,3-5H2,1-2H3,(H,18,19). The van der Waals surface area contributed by atoms with Crippen LogP contribution in [0.3, 0.4) is 0 Å². The van der Waals surface area contributed by atoms with Crippen molar-refractivity contribution < 1.29 is 4.79 Å². The second-order valence-corrected chi connectivity index (χ2v) is 7.07. The van der Waals surface area contributed by atoms with E-state index in [4.69, 9.17) is 11.6 Å². The van der Waals surface area contributed by atoms with Crippen molar-refractivity contribution in [3.8, 4) is 0 Å². The zero-order valence-corrected chi connectivity index (χ0v) is 14.2. The number of halogens is 2. The van der Waals surface area contributed by atoms with Crippen LogP contribution < -0.4 is 5.32 Å². The molecule has 2 nitrogen and oxygen atoms in total. The van der Waals surface area contributed by atoms with E-state index in [1.54, 1.807) is 12.1 Å². The van der Waals surface area contributed by atoms with Crippen molar-refractivity contribution in [2.24, 2.45) is 11.8 Å². The molecule has 1 saturated carbocycles. The Morgan fingerprint density at radius 3 is 2.79 bits per heavy atom. The predicted octanol–water partition coefficient (Wildman–Crippen LogP) is 4.50. The molecule has 1 fully saturated rings. The molecule has 1 aromatic rings. The van der Waals surface area contributed by atoms with Crippen LogP contribution in [0.25, 0.3) is 0 Å². The number of carbonyl (C=O) groups excluding carboxylic acids is 1. The van der Waals surface area contributed by atoms with Crippen molar-refractivity contribution >= 4 is 40.1 Å². The fraction of sp³-hybridized carbons (Fsp3) is 0.533. The third-order valence-corrected chi connectivity index (χ3v) is 5.33. The van der Waals surface area contributed by atoms with Crippen LogP contribution >= 0.6 is 34.2 Å². The Bertz CT molecular complexity index is 477. The molecule has 1 amide bonds. The van der Waals surface area contributed by atoms with E-state index >= 15 is 0 Å². The number of amides is 1. The SMILES string of the molecule is CC1CCCC(NC(=O)c2ccc(Cl)cc2I)C1C. The van der Waals surface area contributed by atoms with E-state index in [1.165, 1.54) is 12.8 Å². The van der Waals surface area contributed by atoms with Crippen molar-refractivity contribution in [3.63, 3.8) is 0 Å². The van der Waals surface area contributed by atoms with Crippen molar-refractivity contribution in [1.82, 2.24) is 5.32 Å². The van der Waals surface area contributed by atoms with Gasteiger partial charge in [0.25, 0.3) is 5.91 Å². The van der Waals surface area contributed by atoms with Gasteiger partial charge in [0.2, 0.25) is 0 Å². The normalized spacial score (nSPS) is 27.1. The van der Waals surface area contributed by atoms with Crippen LogP contribution in [0.1, 0.15) is 43.5 Å². The van der Waals surface area contributed by atoms with Gasteiger partial charge in [-0.1, -0.05) is 38.3 Å². The first-order valence-electron chi connectivity index (χ1n) is 6.75. The lowest BCUT2D eigenvalue weighted by molar-refractivity contribution is 0.0890. The Morgan fingerprint density at radius 2 is 2.11 bits per heavy atom. The second-order valence-electron chi connectivity index (χ2n) is 5.47. The van der Waals surface area contributed by atoms with Gasteiger partial charge in [-0.15, -0.1) is 0 Å². The van der Waals surface area contributed by atoms with E-state index in [1.807, 2.05) is 6.07 Å². The van der Waals surface area contributed by atoms with Crippen LogP contribution in [0.5, 0.6) is 0 Å². The summed E-state index contributed by atoms with van der Waals surface area (Å²) in [6, 6.07) is 5.69. The van der Waals surface area contributed by atoms with Gasteiger partial charge in [0.1, 0.15) is 0 Å². The molecule has 4 heteroatoms. The molecular formula is C15H19ClINO. The largest absolute Gasteiger partial charge is 0.349 e. The van der Waals surface area contributed by atoms with E-state index in [0.717, 1.165) is 15.6 Å². The molecule has 1 aromatic carbocycles. The first-order chi connectivity index (χ1) is 8.99. The Kier molecular flexibility index (Phi) is 5.12. The lowest BCUT2D eigenvalue weighted by atomic mass is 9.78. The van der Waals surface area contributed by atoms with Gasteiger partial charge in [-0.3, -0.25) is 4.79 Å². The summed E-state index contributed by atoms with van der Waals surface area (Å²) in [5.74, 6) is 1.25. The molecule has 104 valence electrons. The van der Waals surface area contributed by atoms with Gasteiger partial charge in [0.05, 0.1) is 5.56 Å². The van der Waals surface area contributed by atoms with E-state index in [-0.39, 0.29) is 5.91 Å². The zero-order chi connectivity index (χ0) is 14.0. The van der Waals surface area contributed by atoms with Crippen LogP contribution in [-0.4, -0.2) is 11.9 Å². The maximum absolute atomic E-state index is 12.3. The Balaban J connectivity index is 2.08. The number of hydrogen-bond acceptors (Lipinski definition) is 1. The minimum atomic E-state index is 0.0204. The summed E-state index contributed by atoms with van der Waals surface area (Å²) in [5, 5.41) is 3.86. The molecule has 0 radical (unpaired) electrons. The fourth-order valence-electron chi connectivity index (χ4n) is 2.71. The topological polar surface area (TPSA) is 29.1 Å². The van der Waals surface area contributed by atoms with Gasteiger partial charge in [0, 0.05) is 14.6 Å². The highest BCUT2D eigenvalue weighted by Gasteiger charge is 2.28. The van der Waals surface area contributed by atoms with Gasteiger partial charge < -0.3 is 5.32 Å². The molecule has 0 spiro atoms. The average molecular weight is 392 g/mol. The van der Waals surface area contributed by atoms with E-state index in [9.17, 15) is 4.79 Å². The van der Waals surface area contributed by atoms with Gasteiger partial charge in [-0.25, -0.2) is 0 Å². The van der Waals surface area contributed by atoms with Crippen molar-refractivity contribution in [1.29, 1.82) is 0 Å². The van der Waals surface area contributed by atoms with E-state index in [2.05, 4.69) is 41.8 Å². The molecule has 1 aliphatic rings. The van der Waals surface area contributed by atoms with Gasteiger partial charge in [0.15, 0.2) is 0 Å². The lowest BCUT2D eigenvalue weighted by Gasteiger charge is -2.34. The monoisotopic (exact) mass is 391 g/mol. The average Bonchev–Trinajstić information content (AvgIpc) is 2.34. The maximum atomic E-state index is 12.3. The van der Waals surface area contributed by atoms with Crippen LogP contribution in [0.4, 0.5) is 0 Å². The summed E-state index contributed by atoms with van der Waals surface area (Å²) in [4.78, 5) is 12.3. The van der Waals surface area contributed by atoms with Gasteiger partial charge in [-0.2, -0.15) is 0 Å². The van der Waals surface area contributed by atoms with Crippen molar-refractivity contribution in [2.75, 3.05) is 0 Å². The molecule has 1 N–H and O–H groups in total. The third-order valence-electron chi connectivity index (χ3n) is 4.20. The highest BCUT2D eigenvalue weighted by atomic mass is 127. The second kappa shape index (κ2) is 6.44. The number of rotatable bonds is 2. The summed E-state index contributed by atoms with van der Waals surface area (Å²) >= 11 is 8.08. The minimum absolute atomic E-state index is 0.0204. The predicted molar refractivity (Wildman–Crippen MR) is 87.6 cm³/mol. The minimum Gasteiger partial charge on any atom is -0.349 e. The lowest BCUT2D eigenvalue weighted by Crippen LogP contribution is -2.43. The van der Waals surface area contributed by atoms with Crippen LogP contribution in [0, 0.1) is 15.4 Å². The Morgan fingerprint density at radius 1 is 1.37 bits per heavy atom. The molecule has 1 aliphatic carbocycles. The van der Waals surface area contributed by atoms with Crippen molar-refractivity contribution in [2.45, 2.75) is 39.2 Å². The molecule has 0 aromatic heterocycles. The van der Waals surface area contributed by atoms with Crippen LogP contribution in [0.15, 0.2) is 18.2 Å². The summed E-state index contributed by atoms with van der Waals surface area (Å²) in [6.45, 7) is 4.51. The molecule has 3 atom stereocenters. The molecule has 0 bridgehead atoms. The van der Waals surface area contributed by atoms with Crippen LogP contribution in [0.2, 0.25) is 5.02 Å². The summed E-state index contributed by atoms with van der Waals surface area (Å²) in [6.07, 6.45) is 3.56. The molecule has 0 saturated heterocycles. The quantitative estimate of drug-likeness (QED) is 0.739. The van der Waals surface area contributed by atoms with Crippen molar-refractivity contribution in [3.05, 3.63) is 32.4 Å². The smallest absolute Gasteiger partial charge is 0.252 e. The highest BCUT2D eigenvalue weighted by molar-refractivity contribution is 14.1. The first-order valence-corrected chi connectivity index (χ1v) is 8.20. The summed E-state index contributed by atoms with van der Waals surface area (Å²) in [7, 11) is 0. The summed E-state index contributed by atoms with van der Waals surface area (Å²) in [5.41, 5.74) is 0.718. The van der Waals surface area contributed by atoms with Gasteiger partial charge in [-0.05, 0) is 59.0 Å². The van der Waals surface area contributed by atoms with E-state index < -0.39 is 0 Å². The Hall–Kier alpha value is -0.290. The zero-order valence-electron chi connectivity index (χ0n) is 11.2. The maximum Gasteiger partial charge on any atom is 0.252 e. The first kappa shape index (κ1) is 15.1. The number of carbonyl (C=O) groups is 1. The summed E-state index contributed by atoms with van der Waals surface area (Å²) < 4.78 is 0.902. The van der Waals surface area contributed by atoms with E-state index in [0.29, 0.717) is 22.9 Å². The Labute approximate surface area is 133 Å². The molecule has 0 heterocycles. The molecule has 19 heavy (non-hydrogen) atoms. The fourth-order valence-corrected chi connectivity index (χ4v) is 3.82. The third kappa shape index (κ3) is 3.63. The number of benzene rings is 1. The van der Waals surface area contributed by atoms with Gasteiger partial charge >= 0.3 is 0 Å². The molecule has 2 rings (SSSR count). The molecule has 0 aliphatic heterocycles. The number of nitrogens with one attached hydrogen (secondary N) is 1. The van der Waals surface area contributed by atoms with Crippen LogP contribution in [-0.2, 0) is 0 Å². The molecule has 3 unspecified atom stereocenters. The number of hydrogen-bond donors (Lipinski definition) is 1.